The second-order valence-electron chi connectivity index (χ2n) is 4.61. The summed E-state index contributed by atoms with van der Waals surface area (Å²) in [7, 11) is 0. The third-order valence-electron chi connectivity index (χ3n) is 3.12. The van der Waals surface area contributed by atoms with E-state index < -0.39 is 0 Å². The lowest BCUT2D eigenvalue weighted by atomic mass is 10.1. The number of carbonyl (C=O) groups excluding carboxylic acids is 2. The molecule has 0 fully saturated rings. The Kier molecular flexibility index (Phi) is 3.27. The Morgan fingerprint density at radius 2 is 1.81 bits per heavy atom. The predicted octanol–water partition coefficient (Wildman–Crippen LogP) is 2.14. The molecule has 0 bridgehead atoms. The molecule has 0 atom stereocenters. The molecule has 2 heterocycles. The number of aromatic nitrogens is 1. The first kappa shape index (κ1) is 13.1. The number of pyridine rings is 1. The van der Waals surface area contributed by atoms with Gasteiger partial charge in [-0.05, 0) is 37.3 Å². The normalized spacial score (nSPS) is 12.8. The minimum absolute atomic E-state index is 0.353. The zero-order chi connectivity index (χ0) is 14.8. The van der Waals surface area contributed by atoms with Crippen LogP contribution in [0.3, 0.4) is 0 Å². The van der Waals surface area contributed by atoms with Crippen LogP contribution < -0.4 is 16.0 Å². The van der Waals surface area contributed by atoms with Gasteiger partial charge in [0.05, 0.1) is 11.1 Å². The third-order valence-corrected chi connectivity index (χ3v) is 3.12. The first-order valence-corrected chi connectivity index (χ1v) is 6.65. The van der Waals surface area contributed by atoms with Gasteiger partial charge in [0.25, 0.3) is 11.8 Å². The van der Waals surface area contributed by atoms with Gasteiger partial charge in [0.1, 0.15) is 11.6 Å². The Bertz CT molecular complexity index is 727. The molecule has 6 nitrogen and oxygen atoms in total. The monoisotopic (exact) mass is 282 g/mol. The molecule has 0 aliphatic carbocycles. The molecule has 0 saturated carbocycles. The van der Waals surface area contributed by atoms with Crippen molar-refractivity contribution in [1.29, 1.82) is 0 Å². The van der Waals surface area contributed by atoms with Crippen molar-refractivity contribution in [3.05, 3.63) is 47.5 Å². The van der Waals surface area contributed by atoms with E-state index in [2.05, 4.69) is 20.9 Å². The summed E-state index contributed by atoms with van der Waals surface area (Å²) in [5, 5.41) is 8.52. The maximum atomic E-state index is 11.6. The average molecular weight is 282 g/mol. The van der Waals surface area contributed by atoms with Crippen molar-refractivity contribution in [2.24, 2.45) is 0 Å². The number of imide groups is 1. The van der Waals surface area contributed by atoms with E-state index in [9.17, 15) is 9.59 Å². The van der Waals surface area contributed by atoms with Crippen molar-refractivity contribution < 1.29 is 9.59 Å². The molecule has 1 aromatic heterocycles. The highest BCUT2D eigenvalue weighted by Gasteiger charge is 2.26. The molecule has 3 rings (SSSR count). The minimum Gasteiger partial charge on any atom is -0.370 e. The number of hydrogen-bond donors (Lipinski definition) is 3. The van der Waals surface area contributed by atoms with Gasteiger partial charge in [0, 0.05) is 12.2 Å². The number of nitrogens with zero attached hydrogens (tertiary/aromatic N) is 1. The molecule has 2 amide bonds. The summed E-state index contributed by atoms with van der Waals surface area (Å²) in [6.45, 7) is 2.79. The molecule has 2 aromatic rings. The Morgan fingerprint density at radius 1 is 1.05 bits per heavy atom. The number of rotatable bonds is 4. The van der Waals surface area contributed by atoms with Crippen molar-refractivity contribution >= 4 is 29.1 Å². The van der Waals surface area contributed by atoms with Crippen LogP contribution in [0.5, 0.6) is 0 Å². The molecular weight excluding hydrogens is 268 g/mol. The highest BCUT2D eigenvalue weighted by atomic mass is 16.2. The van der Waals surface area contributed by atoms with E-state index in [0.717, 1.165) is 12.4 Å². The number of nitrogens with one attached hydrogen (secondary N) is 3. The third kappa shape index (κ3) is 2.55. The molecule has 106 valence electrons. The minimum atomic E-state index is -0.368. The molecule has 3 N–H and O–H groups in total. The average Bonchev–Trinajstić information content (AvgIpc) is 2.74. The lowest BCUT2D eigenvalue weighted by Gasteiger charge is -2.08. The number of carbonyl (C=O) groups is 2. The van der Waals surface area contributed by atoms with Gasteiger partial charge in [-0.25, -0.2) is 4.98 Å². The second-order valence-corrected chi connectivity index (χ2v) is 4.61. The van der Waals surface area contributed by atoms with E-state index in [4.69, 9.17) is 0 Å². The summed E-state index contributed by atoms with van der Waals surface area (Å²) >= 11 is 0. The Labute approximate surface area is 121 Å². The summed E-state index contributed by atoms with van der Waals surface area (Å²) < 4.78 is 0. The van der Waals surface area contributed by atoms with Gasteiger partial charge in [0.15, 0.2) is 0 Å². The first-order valence-electron chi connectivity index (χ1n) is 6.65. The predicted molar refractivity (Wildman–Crippen MR) is 79.9 cm³/mol. The van der Waals surface area contributed by atoms with Crippen molar-refractivity contribution in [2.75, 3.05) is 17.2 Å². The fourth-order valence-corrected chi connectivity index (χ4v) is 2.18. The first-order chi connectivity index (χ1) is 10.2. The van der Waals surface area contributed by atoms with Gasteiger partial charge in [-0.2, -0.15) is 0 Å². The summed E-state index contributed by atoms with van der Waals surface area (Å²) in [6.07, 6.45) is 0. The quantitative estimate of drug-likeness (QED) is 0.748. The highest BCUT2D eigenvalue weighted by Crippen LogP contribution is 2.23. The number of fused-ring (bicyclic) bond motifs is 1. The number of amides is 2. The van der Waals surface area contributed by atoms with E-state index in [1.54, 1.807) is 18.2 Å². The number of anilines is 3. The van der Waals surface area contributed by atoms with Gasteiger partial charge in [-0.3, -0.25) is 14.9 Å². The van der Waals surface area contributed by atoms with Crippen molar-refractivity contribution in [3.8, 4) is 0 Å². The van der Waals surface area contributed by atoms with Crippen LogP contribution in [-0.4, -0.2) is 23.3 Å². The van der Waals surface area contributed by atoms with Crippen LogP contribution >= 0.6 is 0 Å². The zero-order valence-electron chi connectivity index (χ0n) is 11.4. The SMILES string of the molecule is CCNc1cccc(Nc2ccc3c(c2)C(=O)NC3=O)n1. The zero-order valence-corrected chi connectivity index (χ0v) is 11.4. The largest absolute Gasteiger partial charge is 0.370 e. The van der Waals surface area contributed by atoms with E-state index >= 15 is 0 Å². The van der Waals surface area contributed by atoms with E-state index in [1.165, 1.54) is 0 Å². The smallest absolute Gasteiger partial charge is 0.259 e. The molecule has 1 aliphatic heterocycles. The summed E-state index contributed by atoms with van der Waals surface area (Å²) in [5.41, 5.74) is 1.49. The number of hydrogen-bond acceptors (Lipinski definition) is 5. The van der Waals surface area contributed by atoms with Gasteiger partial charge in [-0.1, -0.05) is 6.07 Å². The fraction of sp³-hybridized carbons (Fsp3) is 0.133. The van der Waals surface area contributed by atoms with Crippen LogP contribution in [0.4, 0.5) is 17.3 Å². The Hall–Kier alpha value is -2.89. The van der Waals surface area contributed by atoms with Crippen LogP contribution in [0.2, 0.25) is 0 Å². The standard InChI is InChI=1S/C15H14N4O2/c1-2-16-12-4-3-5-13(18-12)17-9-6-7-10-11(8-9)15(21)19-14(10)20/h3-8H,2H2,1H3,(H2,16,17,18)(H,19,20,21). The van der Waals surface area contributed by atoms with Crippen LogP contribution in [0.25, 0.3) is 0 Å². The second kappa shape index (κ2) is 5.24. The van der Waals surface area contributed by atoms with Crippen molar-refractivity contribution in [3.63, 3.8) is 0 Å². The van der Waals surface area contributed by atoms with E-state index in [1.807, 2.05) is 25.1 Å². The fourth-order valence-electron chi connectivity index (χ4n) is 2.18. The Morgan fingerprint density at radius 3 is 2.62 bits per heavy atom. The van der Waals surface area contributed by atoms with Crippen molar-refractivity contribution in [1.82, 2.24) is 10.3 Å². The summed E-state index contributed by atoms with van der Waals surface area (Å²) in [6, 6.07) is 10.6. The van der Waals surface area contributed by atoms with Crippen molar-refractivity contribution in [2.45, 2.75) is 6.92 Å². The van der Waals surface area contributed by atoms with Crippen LogP contribution in [0.1, 0.15) is 27.6 Å². The molecule has 0 saturated heterocycles. The topological polar surface area (TPSA) is 83.1 Å². The van der Waals surface area contributed by atoms with E-state index in [0.29, 0.717) is 22.6 Å². The molecule has 0 radical (unpaired) electrons. The molecule has 0 spiro atoms. The Balaban J connectivity index is 1.86. The molecular formula is C15H14N4O2. The van der Waals surface area contributed by atoms with Gasteiger partial charge < -0.3 is 10.6 Å². The van der Waals surface area contributed by atoms with Crippen LogP contribution in [0.15, 0.2) is 36.4 Å². The van der Waals surface area contributed by atoms with Crippen LogP contribution in [0, 0.1) is 0 Å². The van der Waals surface area contributed by atoms with Gasteiger partial charge in [-0.15, -0.1) is 0 Å². The number of benzene rings is 1. The molecule has 1 aromatic carbocycles. The maximum absolute atomic E-state index is 11.6. The lowest BCUT2D eigenvalue weighted by Crippen LogP contribution is -2.19. The lowest BCUT2D eigenvalue weighted by molar-refractivity contribution is 0.0879. The van der Waals surface area contributed by atoms with Crippen LogP contribution in [-0.2, 0) is 0 Å². The molecule has 21 heavy (non-hydrogen) atoms. The molecule has 1 aliphatic rings. The highest BCUT2D eigenvalue weighted by molar-refractivity contribution is 6.21. The summed E-state index contributed by atoms with van der Waals surface area (Å²) in [5.74, 6) is 0.719. The van der Waals surface area contributed by atoms with Gasteiger partial charge in [0.2, 0.25) is 0 Å². The molecule has 6 heteroatoms. The van der Waals surface area contributed by atoms with Gasteiger partial charge >= 0.3 is 0 Å². The maximum Gasteiger partial charge on any atom is 0.259 e. The summed E-state index contributed by atoms with van der Waals surface area (Å²) in [4.78, 5) is 27.5. The van der Waals surface area contributed by atoms with E-state index in [-0.39, 0.29) is 11.8 Å². The molecule has 0 unspecified atom stereocenters.